The molecule has 1 aliphatic rings. The van der Waals surface area contributed by atoms with E-state index in [1.807, 2.05) is 24.5 Å². The number of nitrogens with zero attached hydrogens (tertiary/aromatic N) is 3. The molecule has 0 fully saturated rings. The van der Waals surface area contributed by atoms with E-state index < -0.39 is 5.97 Å². The topological polar surface area (TPSA) is 64.4 Å². The highest BCUT2D eigenvalue weighted by atomic mass is 32.2. The first-order chi connectivity index (χ1) is 14.6. The number of fused-ring (bicyclic) bond motifs is 1. The lowest BCUT2D eigenvalue weighted by molar-refractivity contribution is -0.135. The summed E-state index contributed by atoms with van der Waals surface area (Å²) >= 11 is 1.35. The van der Waals surface area contributed by atoms with Gasteiger partial charge in [0.15, 0.2) is 17.5 Å². The number of amides is 1. The maximum absolute atomic E-state index is 13.3. The van der Waals surface area contributed by atoms with Crippen LogP contribution in [0.2, 0.25) is 0 Å². The van der Waals surface area contributed by atoms with Gasteiger partial charge in [0.1, 0.15) is 5.82 Å². The monoisotopic (exact) mass is 425 g/mol. The molecule has 1 amide bonds. The predicted octanol–water partition coefficient (Wildman–Crippen LogP) is 3.48. The molecule has 1 aliphatic heterocycles. The Morgan fingerprint density at radius 2 is 1.87 bits per heavy atom. The molecule has 0 aliphatic carbocycles. The lowest BCUT2D eigenvalue weighted by Crippen LogP contribution is -2.38. The number of rotatable bonds is 5. The van der Waals surface area contributed by atoms with Gasteiger partial charge in [-0.1, -0.05) is 36.0 Å². The Hall–Kier alpha value is -3.13. The highest BCUT2D eigenvalue weighted by Gasteiger charge is 2.24. The first-order valence-corrected chi connectivity index (χ1v) is 10.7. The summed E-state index contributed by atoms with van der Waals surface area (Å²) in [5.74, 6) is -1.27. The Morgan fingerprint density at radius 3 is 2.60 bits per heavy atom. The lowest BCUT2D eigenvalue weighted by Gasteiger charge is -2.28. The number of carbonyl (C=O) groups is 2. The van der Waals surface area contributed by atoms with Crippen LogP contribution in [0.15, 0.2) is 59.9 Å². The Bertz CT molecular complexity index is 1080. The number of halogens is 1. The van der Waals surface area contributed by atoms with Crippen molar-refractivity contribution in [1.29, 1.82) is 0 Å². The van der Waals surface area contributed by atoms with Crippen LogP contribution >= 0.6 is 11.8 Å². The molecule has 3 aromatic rings. The van der Waals surface area contributed by atoms with E-state index in [9.17, 15) is 14.0 Å². The van der Waals surface area contributed by atoms with Crippen LogP contribution in [0, 0.1) is 5.82 Å². The third-order valence-electron chi connectivity index (χ3n) is 5.02. The van der Waals surface area contributed by atoms with Gasteiger partial charge in [-0.3, -0.25) is 9.36 Å². The Labute approximate surface area is 177 Å². The number of hydrogen-bond donors (Lipinski definition) is 0. The molecule has 0 saturated heterocycles. The zero-order valence-electron chi connectivity index (χ0n) is 16.4. The maximum atomic E-state index is 13.3. The summed E-state index contributed by atoms with van der Waals surface area (Å²) in [4.78, 5) is 31.2. The second-order valence-electron chi connectivity index (χ2n) is 6.85. The molecule has 30 heavy (non-hydrogen) atoms. The average Bonchev–Trinajstić information content (AvgIpc) is 3.21. The van der Waals surface area contributed by atoms with Crippen LogP contribution < -0.4 is 0 Å². The molecular weight excluding hydrogens is 405 g/mol. The Morgan fingerprint density at radius 1 is 1.13 bits per heavy atom. The smallest absolute Gasteiger partial charge is 0.357 e. The van der Waals surface area contributed by atoms with E-state index in [-0.39, 0.29) is 24.0 Å². The quantitative estimate of drug-likeness (QED) is 0.463. The zero-order chi connectivity index (χ0) is 21.1. The second-order valence-corrected chi connectivity index (χ2v) is 7.63. The number of ether oxygens (including phenoxy) is 1. The fourth-order valence-electron chi connectivity index (χ4n) is 3.46. The highest BCUT2D eigenvalue weighted by molar-refractivity contribution is 7.98. The molecule has 6 nitrogen and oxygen atoms in total. The minimum absolute atomic E-state index is 0.183. The van der Waals surface area contributed by atoms with Crippen LogP contribution in [0.25, 0.3) is 5.69 Å². The van der Waals surface area contributed by atoms with Crippen LogP contribution in [0.5, 0.6) is 0 Å². The minimum atomic E-state index is -0.655. The molecule has 0 saturated carbocycles. The van der Waals surface area contributed by atoms with Crippen LogP contribution in [0.3, 0.4) is 0 Å². The lowest BCUT2D eigenvalue weighted by atomic mass is 10.00. The number of aromatic nitrogens is 2. The van der Waals surface area contributed by atoms with Crippen molar-refractivity contribution in [2.75, 3.05) is 19.4 Å². The van der Waals surface area contributed by atoms with Crippen molar-refractivity contribution in [1.82, 2.24) is 14.5 Å². The molecule has 0 radical (unpaired) electrons. The van der Waals surface area contributed by atoms with Gasteiger partial charge in [-0.15, -0.1) is 0 Å². The van der Waals surface area contributed by atoms with Gasteiger partial charge in [-0.25, -0.2) is 14.2 Å². The van der Waals surface area contributed by atoms with Crippen molar-refractivity contribution in [3.8, 4) is 5.69 Å². The zero-order valence-corrected chi connectivity index (χ0v) is 17.2. The van der Waals surface area contributed by atoms with Crippen molar-refractivity contribution in [2.24, 2.45) is 0 Å². The second kappa shape index (κ2) is 8.71. The van der Waals surface area contributed by atoms with Crippen molar-refractivity contribution in [3.05, 3.63) is 77.4 Å². The van der Waals surface area contributed by atoms with Crippen LogP contribution in [0.1, 0.15) is 21.6 Å². The molecule has 2 heterocycles. The number of esters is 1. The molecule has 0 N–H and O–H groups in total. The van der Waals surface area contributed by atoms with Gasteiger partial charge in [0.25, 0.3) is 5.91 Å². The Balaban J connectivity index is 1.45. The number of imidazole rings is 1. The first kappa shape index (κ1) is 20.2. The molecule has 154 valence electrons. The van der Waals surface area contributed by atoms with Crippen LogP contribution in [-0.2, 0) is 22.5 Å². The van der Waals surface area contributed by atoms with E-state index in [2.05, 4.69) is 11.1 Å². The third-order valence-corrected chi connectivity index (χ3v) is 5.67. The third kappa shape index (κ3) is 4.09. The van der Waals surface area contributed by atoms with Crippen molar-refractivity contribution < 1.29 is 18.7 Å². The summed E-state index contributed by atoms with van der Waals surface area (Å²) in [5, 5.41) is 0.563. The fourth-order valence-corrected chi connectivity index (χ4v) is 4.01. The minimum Gasteiger partial charge on any atom is -0.451 e. The van der Waals surface area contributed by atoms with E-state index in [1.165, 1.54) is 35.7 Å². The number of thioether (sulfide) groups is 1. The molecule has 4 rings (SSSR count). The Kier molecular flexibility index (Phi) is 5.85. The van der Waals surface area contributed by atoms with E-state index >= 15 is 0 Å². The van der Waals surface area contributed by atoms with Crippen molar-refractivity contribution in [3.63, 3.8) is 0 Å². The molecule has 2 aromatic carbocycles. The summed E-state index contributed by atoms with van der Waals surface area (Å²) in [6, 6.07) is 13.8. The van der Waals surface area contributed by atoms with Gasteiger partial charge in [-0.2, -0.15) is 0 Å². The predicted molar refractivity (Wildman–Crippen MR) is 111 cm³/mol. The molecule has 0 bridgehead atoms. The first-order valence-electron chi connectivity index (χ1n) is 9.46. The number of hydrogen-bond acceptors (Lipinski definition) is 5. The maximum Gasteiger partial charge on any atom is 0.357 e. The number of carbonyl (C=O) groups excluding carboxylic acids is 2. The van der Waals surface area contributed by atoms with E-state index in [0.717, 1.165) is 12.0 Å². The van der Waals surface area contributed by atoms with Crippen molar-refractivity contribution in [2.45, 2.75) is 18.1 Å². The van der Waals surface area contributed by atoms with Crippen LogP contribution in [0.4, 0.5) is 4.39 Å². The van der Waals surface area contributed by atoms with Gasteiger partial charge in [0, 0.05) is 18.8 Å². The van der Waals surface area contributed by atoms with Gasteiger partial charge < -0.3 is 9.64 Å². The summed E-state index contributed by atoms with van der Waals surface area (Å²) < 4.78 is 20.2. The van der Waals surface area contributed by atoms with E-state index in [4.69, 9.17) is 4.74 Å². The van der Waals surface area contributed by atoms with Crippen molar-refractivity contribution >= 4 is 23.6 Å². The van der Waals surface area contributed by atoms with Gasteiger partial charge in [0.05, 0.1) is 6.20 Å². The van der Waals surface area contributed by atoms with Gasteiger partial charge in [0.2, 0.25) is 0 Å². The SMILES string of the molecule is CSc1ncc(C(=O)OCC(=O)N2CCc3ccccc3C2)n1-c1ccc(F)cc1. The fraction of sp³-hybridized carbons (Fsp3) is 0.227. The normalized spacial score (nSPS) is 13.1. The average molecular weight is 425 g/mol. The summed E-state index contributed by atoms with van der Waals surface area (Å²) in [5.41, 5.74) is 3.13. The summed E-state index contributed by atoms with van der Waals surface area (Å²) in [6.07, 6.45) is 4.01. The molecule has 0 spiro atoms. The molecule has 0 unspecified atom stereocenters. The summed E-state index contributed by atoms with van der Waals surface area (Å²) in [6.45, 7) is 0.762. The van der Waals surface area contributed by atoms with E-state index in [1.54, 1.807) is 21.6 Å². The number of benzene rings is 2. The largest absolute Gasteiger partial charge is 0.451 e. The highest BCUT2D eigenvalue weighted by Crippen LogP contribution is 2.23. The van der Waals surface area contributed by atoms with Gasteiger partial charge >= 0.3 is 5.97 Å². The standard InChI is InChI=1S/C22H20FN3O3S/c1-30-22-24-12-19(26(22)18-8-6-17(23)7-9-18)21(28)29-14-20(27)25-11-10-15-4-2-3-5-16(15)13-25/h2-9,12H,10-11,13-14H2,1H3. The van der Waals surface area contributed by atoms with Gasteiger partial charge in [-0.05, 0) is 48.1 Å². The van der Waals surface area contributed by atoms with E-state index in [0.29, 0.717) is 23.9 Å². The molecule has 8 heteroatoms. The molecule has 1 aromatic heterocycles. The van der Waals surface area contributed by atoms with Crippen LogP contribution in [-0.4, -0.2) is 45.7 Å². The summed E-state index contributed by atoms with van der Waals surface area (Å²) in [7, 11) is 0. The molecule has 0 atom stereocenters. The molecular formula is C22H20FN3O3S.